The van der Waals surface area contributed by atoms with Crippen LogP contribution < -0.4 is 9.64 Å². The van der Waals surface area contributed by atoms with Gasteiger partial charge in [0.15, 0.2) is 5.54 Å². The molecule has 29 heavy (non-hydrogen) atoms. The maximum Gasteiger partial charge on any atom is 0.228 e. The van der Waals surface area contributed by atoms with Crippen LogP contribution in [-0.4, -0.2) is 5.91 Å². The number of para-hydroxylation sites is 1. The fourth-order valence-corrected chi connectivity index (χ4v) is 3.89. The zero-order valence-electron chi connectivity index (χ0n) is 16.3. The minimum Gasteiger partial charge on any atom is -0.489 e. The second-order valence-electron chi connectivity index (χ2n) is 7.29. The molecule has 0 spiro atoms. The lowest BCUT2D eigenvalue weighted by atomic mass is 9.88. The molecule has 1 amide bonds. The number of hydrogen-bond donors (Lipinski definition) is 0. The summed E-state index contributed by atoms with van der Waals surface area (Å²) >= 11 is 0. The molecule has 0 aromatic heterocycles. The Morgan fingerprint density at radius 1 is 1.00 bits per heavy atom. The van der Waals surface area contributed by atoms with Gasteiger partial charge in [-0.2, -0.15) is 5.26 Å². The molecule has 4 nitrogen and oxygen atoms in total. The van der Waals surface area contributed by atoms with Crippen molar-refractivity contribution in [3.63, 3.8) is 0 Å². The van der Waals surface area contributed by atoms with E-state index in [2.05, 4.69) is 6.07 Å². The number of carbonyl (C=O) groups excluding carboxylic acids is 1. The predicted molar refractivity (Wildman–Crippen MR) is 112 cm³/mol. The number of ether oxygens (including phenoxy) is 1. The number of nitrogens with zero attached hydrogens (tertiary/aromatic N) is 2. The van der Waals surface area contributed by atoms with Crippen LogP contribution in [0.4, 0.5) is 5.69 Å². The van der Waals surface area contributed by atoms with E-state index in [1.54, 1.807) is 4.90 Å². The summed E-state index contributed by atoms with van der Waals surface area (Å²) in [4.78, 5) is 14.4. The Morgan fingerprint density at radius 2 is 1.69 bits per heavy atom. The first kappa shape index (κ1) is 18.8. The normalized spacial score (nSPS) is 18.5. The van der Waals surface area contributed by atoms with E-state index in [4.69, 9.17) is 4.74 Å². The van der Waals surface area contributed by atoms with E-state index < -0.39 is 5.54 Å². The van der Waals surface area contributed by atoms with Crippen molar-refractivity contribution in [3.8, 4) is 11.8 Å². The van der Waals surface area contributed by atoms with Gasteiger partial charge < -0.3 is 4.74 Å². The van der Waals surface area contributed by atoms with Crippen LogP contribution in [0.15, 0.2) is 78.9 Å². The Kier molecular flexibility index (Phi) is 5.05. The minimum atomic E-state index is -0.999. The molecule has 0 radical (unpaired) electrons. The van der Waals surface area contributed by atoms with E-state index in [1.807, 2.05) is 85.8 Å². The first-order chi connectivity index (χ1) is 14.1. The minimum absolute atomic E-state index is 0.0229. The topological polar surface area (TPSA) is 53.3 Å². The molecule has 0 saturated carbocycles. The highest BCUT2D eigenvalue weighted by atomic mass is 16.5. The van der Waals surface area contributed by atoms with Crippen LogP contribution in [0.3, 0.4) is 0 Å². The molecule has 1 heterocycles. The summed E-state index contributed by atoms with van der Waals surface area (Å²) in [6.45, 7) is 2.45. The summed E-state index contributed by atoms with van der Waals surface area (Å²) in [5.41, 5.74) is 2.67. The molecule has 0 bridgehead atoms. The molecule has 1 unspecified atom stereocenters. The van der Waals surface area contributed by atoms with Gasteiger partial charge in [0, 0.05) is 12.1 Å². The first-order valence-electron chi connectivity index (χ1n) is 9.71. The van der Waals surface area contributed by atoms with Gasteiger partial charge in [-0.1, -0.05) is 60.7 Å². The molecule has 4 heteroatoms. The monoisotopic (exact) mass is 382 g/mol. The van der Waals surface area contributed by atoms with Gasteiger partial charge in [0.05, 0.1) is 6.07 Å². The van der Waals surface area contributed by atoms with Gasteiger partial charge in [-0.05, 0) is 48.2 Å². The standard InChI is InChI=1S/C25H22N2O2/c1-19-7-5-6-10-23(19)27-24(28)15-16-25(27,18-26)21-11-13-22(14-12-21)29-17-20-8-3-2-4-9-20/h2-14H,15-17H2,1H3. The van der Waals surface area contributed by atoms with Crippen molar-refractivity contribution in [2.24, 2.45) is 0 Å². The first-order valence-corrected chi connectivity index (χ1v) is 9.71. The Balaban J connectivity index is 1.62. The summed E-state index contributed by atoms with van der Waals surface area (Å²) in [5.74, 6) is 0.711. The fourth-order valence-electron chi connectivity index (χ4n) is 3.89. The maximum atomic E-state index is 12.8. The van der Waals surface area contributed by atoms with Crippen molar-refractivity contribution in [1.29, 1.82) is 5.26 Å². The van der Waals surface area contributed by atoms with Crippen molar-refractivity contribution < 1.29 is 9.53 Å². The largest absolute Gasteiger partial charge is 0.489 e. The molecule has 1 aliphatic rings. The maximum absolute atomic E-state index is 12.8. The van der Waals surface area contributed by atoms with Crippen molar-refractivity contribution in [2.45, 2.75) is 31.9 Å². The van der Waals surface area contributed by atoms with E-state index in [0.717, 1.165) is 28.1 Å². The molecule has 1 aliphatic heterocycles. The van der Waals surface area contributed by atoms with Crippen molar-refractivity contribution in [3.05, 3.63) is 95.6 Å². The molecule has 0 N–H and O–H groups in total. The van der Waals surface area contributed by atoms with Crippen LogP contribution in [0.1, 0.15) is 29.5 Å². The summed E-state index contributed by atoms with van der Waals surface area (Å²) < 4.78 is 5.86. The average Bonchev–Trinajstić information content (AvgIpc) is 3.11. The molecule has 3 aromatic carbocycles. The van der Waals surface area contributed by atoms with E-state index >= 15 is 0 Å². The number of hydrogen-bond acceptors (Lipinski definition) is 3. The van der Waals surface area contributed by atoms with E-state index in [9.17, 15) is 10.1 Å². The van der Waals surface area contributed by atoms with Gasteiger partial charge in [-0.25, -0.2) is 0 Å². The average molecular weight is 382 g/mol. The predicted octanol–water partition coefficient (Wildman–Crippen LogP) is 5.12. The summed E-state index contributed by atoms with van der Waals surface area (Å²) in [6, 6.07) is 27.7. The van der Waals surface area contributed by atoms with E-state index in [0.29, 0.717) is 19.4 Å². The zero-order valence-corrected chi connectivity index (χ0v) is 16.3. The second kappa shape index (κ2) is 7.81. The molecule has 144 valence electrons. The van der Waals surface area contributed by atoms with Crippen molar-refractivity contribution in [2.75, 3.05) is 4.90 Å². The summed E-state index contributed by atoms with van der Waals surface area (Å²) in [7, 11) is 0. The smallest absolute Gasteiger partial charge is 0.228 e. The van der Waals surface area contributed by atoms with Crippen LogP contribution in [0.25, 0.3) is 0 Å². The number of aryl methyl sites for hydroxylation is 1. The van der Waals surface area contributed by atoms with Gasteiger partial charge in [-0.15, -0.1) is 0 Å². The van der Waals surface area contributed by atoms with Gasteiger partial charge in [0.2, 0.25) is 5.91 Å². The van der Waals surface area contributed by atoms with Gasteiger partial charge >= 0.3 is 0 Å². The second-order valence-corrected chi connectivity index (χ2v) is 7.29. The lowest BCUT2D eigenvalue weighted by Gasteiger charge is -2.34. The third kappa shape index (κ3) is 3.48. The highest BCUT2D eigenvalue weighted by molar-refractivity contribution is 5.99. The van der Waals surface area contributed by atoms with E-state index in [-0.39, 0.29) is 5.91 Å². The van der Waals surface area contributed by atoms with E-state index in [1.165, 1.54) is 0 Å². The Bertz CT molecular complexity index is 1050. The molecule has 1 saturated heterocycles. The van der Waals surface area contributed by atoms with Gasteiger partial charge in [0.1, 0.15) is 12.4 Å². The Morgan fingerprint density at radius 3 is 2.38 bits per heavy atom. The quantitative estimate of drug-likeness (QED) is 0.615. The van der Waals surface area contributed by atoms with Gasteiger partial charge in [-0.3, -0.25) is 9.69 Å². The van der Waals surface area contributed by atoms with Crippen LogP contribution in [-0.2, 0) is 16.9 Å². The molecule has 1 fully saturated rings. The van der Waals surface area contributed by atoms with Crippen LogP contribution in [0, 0.1) is 18.3 Å². The number of benzene rings is 3. The van der Waals surface area contributed by atoms with Gasteiger partial charge in [0.25, 0.3) is 0 Å². The number of amides is 1. The number of carbonyl (C=O) groups is 1. The Hall–Kier alpha value is -3.58. The molecule has 4 rings (SSSR count). The summed E-state index contributed by atoms with van der Waals surface area (Å²) in [5, 5.41) is 10.2. The third-order valence-electron chi connectivity index (χ3n) is 5.45. The fraction of sp³-hybridized carbons (Fsp3) is 0.200. The molecular weight excluding hydrogens is 360 g/mol. The lowest BCUT2D eigenvalue weighted by Crippen LogP contribution is -2.43. The molecular formula is C25H22N2O2. The molecule has 0 aliphatic carbocycles. The summed E-state index contributed by atoms with van der Waals surface area (Å²) in [6.07, 6.45) is 0.828. The number of nitriles is 1. The highest BCUT2D eigenvalue weighted by Gasteiger charge is 2.48. The van der Waals surface area contributed by atoms with Crippen LogP contribution in [0.2, 0.25) is 0 Å². The van der Waals surface area contributed by atoms with Crippen LogP contribution in [0.5, 0.6) is 5.75 Å². The Labute approximate surface area is 171 Å². The van der Waals surface area contributed by atoms with Crippen molar-refractivity contribution in [1.82, 2.24) is 0 Å². The number of anilines is 1. The molecule has 3 aromatic rings. The zero-order chi connectivity index (χ0) is 20.3. The SMILES string of the molecule is Cc1ccccc1N1C(=O)CCC1(C#N)c1ccc(OCc2ccccc2)cc1. The van der Waals surface area contributed by atoms with Crippen LogP contribution >= 0.6 is 0 Å². The highest BCUT2D eigenvalue weighted by Crippen LogP contribution is 2.43. The number of rotatable bonds is 5. The van der Waals surface area contributed by atoms with Crippen molar-refractivity contribution >= 4 is 11.6 Å². The molecule has 1 atom stereocenters. The lowest BCUT2D eigenvalue weighted by molar-refractivity contribution is -0.117. The third-order valence-corrected chi connectivity index (χ3v) is 5.45.